The first-order valence-corrected chi connectivity index (χ1v) is 8.07. The Morgan fingerprint density at radius 1 is 1.19 bits per heavy atom. The van der Waals surface area contributed by atoms with E-state index in [4.69, 9.17) is 9.26 Å². The zero-order valence-electron chi connectivity index (χ0n) is 14.5. The van der Waals surface area contributed by atoms with Crippen LogP contribution in [0, 0.1) is 6.92 Å². The van der Waals surface area contributed by atoms with Crippen molar-refractivity contribution >= 4 is 17.5 Å². The van der Waals surface area contributed by atoms with E-state index in [1.165, 1.54) is 6.33 Å². The van der Waals surface area contributed by atoms with Crippen LogP contribution in [0.5, 0.6) is 5.75 Å². The molecule has 0 aliphatic carbocycles. The Hall–Kier alpha value is -3.42. The summed E-state index contributed by atoms with van der Waals surface area (Å²) >= 11 is 0. The Kier molecular flexibility index (Phi) is 5.43. The molecule has 0 saturated carbocycles. The molecule has 3 aromatic rings. The second-order valence-corrected chi connectivity index (χ2v) is 5.59. The zero-order chi connectivity index (χ0) is 18.4. The fourth-order valence-electron chi connectivity index (χ4n) is 2.35. The average Bonchev–Trinajstić information content (AvgIpc) is 3.06. The fourth-order valence-corrected chi connectivity index (χ4v) is 2.35. The van der Waals surface area contributed by atoms with E-state index in [0.717, 1.165) is 11.3 Å². The Balaban J connectivity index is 1.56. The van der Waals surface area contributed by atoms with E-state index in [1.54, 1.807) is 26.2 Å². The van der Waals surface area contributed by atoms with Crippen LogP contribution in [-0.4, -0.2) is 34.7 Å². The van der Waals surface area contributed by atoms with Crippen LogP contribution in [0.15, 0.2) is 47.2 Å². The van der Waals surface area contributed by atoms with E-state index < -0.39 is 0 Å². The number of methoxy groups -OCH3 is 1. The second-order valence-electron chi connectivity index (χ2n) is 5.59. The van der Waals surface area contributed by atoms with Crippen molar-refractivity contribution in [1.82, 2.24) is 20.4 Å². The molecule has 26 heavy (non-hydrogen) atoms. The maximum absolute atomic E-state index is 12.3. The van der Waals surface area contributed by atoms with Gasteiger partial charge in [-0.2, -0.15) is 0 Å². The van der Waals surface area contributed by atoms with Crippen LogP contribution < -0.4 is 15.4 Å². The minimum absolute atomic E-state index is 0.269. The van der Waals surface area contributed by atoms with Gasteiger partial charge in [0.25, 0.3) is 5.91 Å². The van der Waals surface area contributed by atoms with Crippen LogP contribution in [0.4, 0.5) is 11.6 Å². The van der Waals surface area contributed by atoms with Gasteiger partial charge in [-0.05, 0) is 31.0 Å². The van der Waals surface area contributed by atoms with Crippen LogP contribution in [0.25, 0.3) is 0 Å². The highest BCUT2D eigenvalue weighted by atomic mass is 16.5. The normalized spacial score (nSPS) is 10.4. The molecule has 2 N–H and O–H groups in total. The summed E-state index contributed by atoms with van der Waals surface area (Å²) < 4.78 is 10.2. The molecule has 0 bridgehead atoms. The molecular formula is C18H19N5O3. The minimum atomic E-state index is -0.269. The van der Waals surface area contributed by atoms with Gasteiger partial charge in [0.1, 0.15) is 29.3 Å². The number of hydrogen-bond acceptors (Lipinski definition) is 7. The third-order valence-corrected chi connectivity index (χ3v) is 3.62. The molecule has 8 heteroatoms. The number of amides is 1. The van der Waals surface area contributed by atoms with Crippen molar-refractivity contribution in [2.45, 2.75) is 13.3 Å². The molecule has 0 unspecified atom stereocenters. The van der Waals surface area contributed by atoms with Gasteiger partial charge in [-0.25, -0.2) is 9.97 Å². The van der Waals surface area contributed by atoms with Gasteiger partial charge in [0, 0.05) is 18.7 Å². The molecule has 0 fully saturated rings. The standard InChI is InChI=1S/C18H19N5O3/c1-12-8-17(23-26-12)22-16-10-15(20-11-21-16)18(24)19-7-6-13-4-3-5-14(9-13)25-2/h3-5,8-11H,6-7H2,1-2H3,(H,19,24)(H,20,21,22,23). The van der Waals surface area contributed by atoms with Gasteiger partial charge >= 0.3 is 0 Å². The number of benzene rings is 1. The topological polar surface area (TPSA) is 102 Å². The molecule has 134 valence electrons. The van der Waals surface area contributed by atoms with Gasteiger partial charge in [0.05, 0.1) is 7.11 Å². The molecular weight excluding hydrogens is 334 g/mol. The van der Waals surface area contributed by atoms with E-state index in [-0.39, 0.29) is 11.6 Å². The van der Waals surface area contributed by atoms with Crippen molar-refractivity contribution in [1.29, 1.82) is 0 Å². The first kappa shape index (κ1) is 17.4. The van der Waals surface area contributed by atoms with E-state index in [9.17, 15) is 4.79 Å². The maximum Gasteiger partial charge on any atom is 0.270 e. The first-order valence-electron chi connectivity index (χ1n) is 8.07. The van der Waals surface area contributed by atoms with Gasteiger partial charge < -0.3 is 19.9 Å². The number of carbonyl (C=O) groups excluding carboxylic acids is 1. The predicted molar refractivity (Wildman–Crippen MR) is 95.6 cm³/mol. The Bertz CT molecular complexity index is 894. The van der Waals surface area contributed by atoms with Crippen molar-refractivity contribution in [3.8, 4) is 5.75 Å². The van der Waals surface area contributed by atoms with E-state index in [2.05, 4.69) is 25.8 Å². The maximum atomic E-state index is 12.3. The first-order chi connectivity index (χ1) is 12.6. The van der Waals surface area contributed by atoms with Crippen molar-refractivity contribution in [2.24, 2.45) is 0 Å². The van der Waals surface area contributed by atoms with Crippen LogP contribution in [-0.2, 0) is 6.42 Å². The summed E-state index contributed by atoms with van der Waals surface area (Å²) in [5.41, 5.74) is 1.35. The Morgan fingerprint density at radius 3 is 2.85 bits per heavy atom. The lowest BCUT2D eigenvalue weighted by atomic mass is 10.1. The third kappa shape index (κ3) is 4.56. The monoisotopic (exact) mass is 353 g/mol. The quantitative estimate of drug-likeness (QED) is 0.673. The lowest BCUT2D eigenvalue weighted by Crippen LogP contribution is -2.26. The molecule has 0 spiro atoms. The lowest BCUT2D eigenvalue weighted by Gasteiger charge is -2.07. The second kappa shape index (κ2) is 8.11. The SMILES string of the molecule is COc1cccc(CCNC(=O)c2cc(Nc3cc(C)on3)ncn2)c1. The van der Waals surface area contributed by atoms with Crippen molar-refractivity contribution in [3.63, 3.8) is 0 Å². The summed E-state index contributed by atoms with van der Waals surface area (Å²) in [5, 5.41) is 9.64. The smallest absolute Gasteiger partial charge is 0.270 e. The molecule has 0 radical (unpaired) electrons. The van der Waals surface area contributed by atoms with Crippen molar-refractivity contribution in [2.75, 3.05) is 19.0 Å². The molecule has 1 aromatic carbocycles. The van der Waals surface area contributed by atoms with E-state index in [0.29, 0.717) is 30.4 Å². The van der Waals surface area contributed by atoms with E-state index in [1.807, 2.05) is 24.3 Å². The molecule has 0 aliphatic rings. The van der Waals surface area contributed by atoms with Gasteiger partial charge in [0.2, 0.25) is 0 Å². The summed E-state index contributed by atoms with van der Waals surface area (Å²) in [4.78, 5) is 20.4. The fraction of sp³-hybridized carbons (Fsp3) is 0.222. The summed E-state index contributed by atoms with van der Waals surface area (Å²) in [6.07, 6.45) is 2.02. The summed E-state index contributed by atoms with van der Waals surface area (Å²) in [5.74, 6) is 2.19. The van der Waals surface area contributed by atoms with Crippen LogP contribution >= 0.6 is 0 Å². The Morgan fingerprint density at radius 2 is 2.08 bits per heavy atom. The van der Waals surface area contributed by atoms with Crippen molar-refractivity contribution in [3.05, 3.63) is 59.7 Å². The molecule has 3 rings (SSSR count). The predicted octanol–water partition coefficient (Wildman–Crippen LogP) is 2.50. The van der Waals surface area contributed by atoms with Crippen LogP contribution in [0.2, 0.25) is 0 Å². The number of carbonyl (C=O) groups is 1. The van der Waals surface area contributed by atoms with Gasteiger partial charge in [-0.3, -0.25) is 4.79 Å². The molecule has 0 aliphatic heterocycles. The number of aryl methyl sites for hydroxylation is 1. The average molecular weight is 353 g/mol. The molecule has 0 saturated heterocycles. The number of rotatable bonds is 7. The van der Waals surface area contributed by atoms with Crippen molar-refractivity contribution < 1.29 is 14.1 Å². The number of hydrogen-bond donors (Lipinski definition) is 2. The van der Waals surface area contributed by atoms with Gasteiger partial charge in [-0.1, -0.05) is 17.3 Å². The highest BCUT2D eigenvalue weighted by Gasteiger charge is 2.09. The number of nitrogens with zero attached hydrogens (tertiary/aromatic N) is 3. The van der Waals surface area contributed by atoms with E-state index >= 15 is 0 Å². The minimum Gasteiger partial charge on any atom is -0.497 e. The summed E-state index contributed by atoms with van der Waals surface area (Å²) in [7, 11) is 1.63. The molecule has 2 heterocycles. The number of ether oxygens (including phenoxy) is 1. The highest BCUT2D eigenvalue weighted by molar-refractivity contribution is 5.92. The van der Waals surface area contributed by atoms with Crippen LogP contribution in [0.3, 0.4) is 0 Å². The largest absolute Gasteiger partial charge is 0.497 e. The molecule has 8 nitrogen and oxygen atoms in total. The zero-order valence-corrected chi connectivity index (χ0v) is 14.5. The Labute approximate surface area is 150 Å². The molecule has 1 amide bonds. The molecule has 2 aromatic heterocycles. The lowest BCUT2D eigenvalue weighted by molar-refractivity contribution is 0.0949. The number of anilines is 2. The van der Waals surface area contributed by atoms with Gasteiger partial charge in [0.15, 0.2) is 5.82 Å². The van der Waals surface area contributed by atoms with Gasteiger partial charge in [-0.15, -0.1) is 0 Å². The highest BCUT2D eigenvalue weighted by Crippen LogP contribution is 2.14. The number of aromatic nitrogens is 3. The van der Waals surface area contributed by atoms with Crippen LogP contribution in [0.1, 0.15) is 21.8 Å². The molecule has 0 atom stereocenters. The third-order valence-electron chi connectivity index (χ3n) is 3.62. The summed E-state index contributed by atoms with van der Waals surface area (Å²) in [6, 6.07) is 11.0. The number of nitrogens with one attached hydrogen (secondary N) is 2. The summed E-state index contributed by atoms with van der Waals surface area (Å²) in [6.45, 7) is 2.28.